The topological polar surface area (TPSA) is 0 Å². The lowest BCUT2D eigenvalue weighted by atomic mass is 10.0. The van der Waals surface area contributed by atoms with Gasteiger partial charge >= 0.3 is 0 Å². The highest BCUT2D eigenvalue weighted by Crippen LogP contribution is 2.41. The number of aryl methyl sites for hydroxylation is 1. The predicted octanol–water partition coefficient (Wildman–Crippen LogP) is 4.46. The fourth-order valence-corrected chi connectivity index (χ4v) is 7.71. The average Bonchev–Trinajstić information content (AvgIpc) is 2.30. The van der Waals surface area contributed by atoms with E-state index < -0.39 is 6.69 Å². The fraction of sp³-hybridized carbons (Fsp3) is 0.538. The minimum Gasteiger partial charge on any atom is -0.139 e. The van der Waals surface area contributed by atoms with E-state index in [2.05, 4.69) is 31.2 Å². The lowest BCUT2D eigenvalue weighted by Gasteiger charge is -2.31. The van der Waals surface area contributed by atoms with E-state index in [9.17, 15) is 0 Å². The lowest BCUT2D eigenvalue weighted by Crippen LogP contribution is -2.43. The number of hydrogen-bond acceptors (Lipinski definition) is 0. The van der Waals surface area contributed by atoms with Gasteiger partial charge in [-0.3, -0.25) is 0 Å². The second-order valence-electron chi connectivity index (χ2n) is 4.77. The molecule has 88 valence electrons. The number of benzene rings is 1. The molecule has 1 aromatic rings. The zero-order chi connectivity index (χ0) is 11.6. The van der Waals surface area contributed by atoms with Crippen molar-refractivity contribution < 1.29 is 0 Å². The molecule has 0 atom stereocenters. The van der Waals surface area contributed by atoms with E-state index in [0.717, 1.165) is 0 Å². The first kappa shape index (κ1) is 12.5. The summed E-state index contributed by atoms with van der Waals surface area (Å²) in [4.78, 5) is 0. The van der Waals surface area contributed by atoms with Crippen molar-refractivity contribution in [1.29, 1.82) is 0 Å². The van der Waals surface area contributed by atoms with E-state index in [0.29, 0.717) is 5.54 Å². The molecule has 16 heavy (non-hydrogen) atoms. The monoisotopic (exact) mass is 272 g/mol. The van der Waals surface area contributed by atoms with Gasteiger partial charge < -0.3 is 0 Å². The molecule has 0 aliphatic heterocycles. The Kier molecular flexibility index (Phi) is 3.99. The van der Waals surface area contributed by atoms with Crippen LogP contribution < -0.4 is 5.19 Å². The van der Waals surface area contributed by atoms with Gasteiger partial charge in [0.1, 0.15) is 0 Å². The van der Waals surface area contributed by atoms with Gasteiger partial charge in [0.15, 0.2) is 0 Å². The van der Waals surface area contributed by atoms with Crippen molar-refractivity contribution in [2.75, 3.05) is 0 Å². The molecule has 1 fully saturated rings. The normalized spacial score (nSPS) is 18.7. The first-order chi connectivity index (χ1) is 7.62. The van der Waals surface area contributed by atoms with Crippen molar-refractivity contribution in [3.8, 4) is 0 Å². The van der Waals surface area contributed by atoms with E-state index in [-0.39, 0.29) is 0 Å². The van der Waals surface area contributed by atoms with Crippen LogP contribution in [0.1, 0.15) is 37.7 Å². The summed E-state index contributed by atoms with van der Waals surface area (Å²) in [6.45, 7) is -0.163. The van der Waals surface area contributed by atoms with Crippen molar-refractivity contribution >= 4 is 34.0 Å². The largest absolute Gasteiger partial charge is 0.284 e. The van der Waals surface area contributed by atoms with Gasteiger partial charge in [-0.25, -0.2) is 0 Å². The van der Waals surface area contributed by atoms with Gasteiger partial charge in [-0.1, -0.05) is 56.4 Å². The quantitative estimate of drug-likeness (QED) is 0.551. The third kappa shape index (κ3) is 2.47. The van der Waals surface area contributed by atoms with Crippen LogP contribution >= 0.6 is 22.2 Å². The predicted molar refractivity (Wildman–Crippen MR) is 75.1 cm³/mol. The van der Waals surface area contributed by atoms with Crippen LogP contribution in [0.4, 0.5) is 0 Å². The average molecular weight is 273 g/mol. The minimum absolute atomic E-state index is 0.547. The van der Waals surface area contributed by atoms with Gasteiger partial charge in [-0.15, -0.1) is 22.2 Å². The summed E-state index contributed by atoms with van der Waals surface area (Å²) in [7, 11) is 0. The van der Waals surface area contributed by atoms with E-state index in [1.54, 1.807) is 0 Å². The Labute approximate surface area is 108 Å². The highest BCUT2D eigenvalue weighted by molar-refractivity contribution is 7.51. The molecule has 0 saturated heterocycles. The van der Waals surface area contributed by atoms with Crippen LogP contribution in [0.2, 0.25) is 5.54 Å². The number of hydrogen-bond donors (Lipinski definition) is 0. The van der Waals surface area contributed by atoms with Crippen LogP contribution in [0.5, 0.6) is 0 Å². The standard InChI is InChI=1S/C13H18Cl2Si/c1-11-7-5-6-10-13(11)16(14,15)12-8-3-2-4-9-12/h5-7,10,12H,2-4,8-9H2,1H3. The van der Waals surface area contributed by atoms with Crippen molar-refractivity contribution in [2.24, 2.45) is 0 Å². The third-order valence-corrected chi connectivity index (χ3v) is 9.58. The summed E-state index contributed by atoms with van der Waals surface area (Å²) in [6, 6.07) is 8.34. The number of rotatable bonds is 2. The van der Waals surface area contributed by atoms with Crippen molar-refractivity contribution in [2.45, 2.75) is 44.6 Å². The Morgan fingerprint density at radius 1 is 1.06 bits per heavy atom. The van der Waals surface area contributed by atoms with E-state index in [1.165, 1.54) is 42.9 Å². The molecule has 1 saturated carbocycles. The SMILES string of the molecule is Cc1ccccc1[Si](Cl)(Cl)C1CCCCC1. The molecule has 1 aliphatic rings. The van der Waals surface area contributed by atoms with Crippen LogP contribution in [0.3, 0.4) is 0 Å². The summed E-state index contributed by atoms with van der Waals surface area (Å²) >= 11 is 13.5. The first-order valence-corrected chi connectivity index (χ1v) is 10.2. The molecule has 0 unspecified atom stereocenters. The van der Waals surface area contributed by atoms with Crippen LogP contribution in [0.25, 0.3) is 0 Å². The Morgan fingerprint density at radius 2 is 1.69 bits per heavy atom. The van der Waals surface area contributed by atoms with Gasteiger partial charge in [0, 0.05) is 0 Å². The van der Waals surface area contributed by atoms with E-state index in [1.807, 2.05) is 0 Å². The number of halogens is 2. The second-order valence-corrected chi connectivity index (χ2v) is 11.5. The molecule has 3 heteroatoms. The van der Waals surface area contributed by atoms with Gasteiger partial charge in [0.05, 0.1) is 0 Å². The highest BCUT2D eigenvalue weighted by Gasteiger charge is 2.41. The van der Waals surface area contributed by atoms with Gasteiger partial charge in [0.25, 0.3) is 6.69 Å². The lowest BCUT2D eigenvalue weighted by molar-refractivity contribution is 0.499. The molecular formula is C13H18Cl2Si. The Balaban J connectivity index is 2.26. The molecular weight excluding hydrogens is 255 g/mol. The van der Waals surface area contributed by atoms with Crippen LogP contribution in [-0.2, 0) is 0 Å². The molecule has 0 heterocycles. The molecule has 0 nitrogen and oxygen atoms in total. The maximum absolute atomic E-state index is 6.75. The molecule has 0 bridgehead atoms. The van der Waals surface area contributed by atoms with Crippen LogP contribution in [0, 0.1) is 6.92 Å². The Hall–Kier alpha value is 0.0169. The smallest absolute Gasteiger partial charge is 0.139 e. The Bertz CT molecular complexity index is 357. The zero-order valence-corrected chi connectivity index (χ0v) is 12.2. The highest BCUT2D eigenvalue weighted by atomic mass is 35.7. The van der Waals surface area contributed by atoms with Crippen molar-refractivity contribution in [1.82, 2.24) is 0 Å². The fourth-order valence-electron chi connectivity index (χ4n) is 2.63. The third-order valence-electron chi connectivity index (χ3n) is 3.62. The van der Waals surface area contributed by atoms with Gasteiger partial charge in [-0.2, -0.15) is 0 Å². The molecule has 0 spiro atoms. The molecule has 1 aromatic carbocycles. The van der Waals surface area contributed by atoms with Crippen LogP contribution in [0.15, 0.2) is 24.3 Å². The first-order valence-electron chi connectivity index (χ1n) is 6.06. The molecule has 0 aromatic heterocycles. The van der Waals surface area contributed by atoms with E-state index >= 15 is 0 Å². The summed E-state index contributed by atoms with van der Waals surface area (Å²) in [5.74, 6) is 0. The second kappa shape index (κ2) is 5.12. The summed E-state index contributed by atoms with van der Waals surface area (Å²) in [6.07, 6.45) is 6.37. The summed E-state index contributed by atoms with van der Waals surface area (Å²) in [5.41, 5.74) is 1.80. The molecule has 0 radical (unpaired) electrons. The van der Waals surface area contributed by atoms with Crippen LogP contribution in [-0.4, -0.2) is 6.69 Å². The summed E-state index contributed by atoms with van der Waals surface area (Å²) in [5, 5.41) is 1.23. The molecule has 0 N–H and O–H groups in total. The maximum Gasteiger partial charge on any atom is 0.284 e. The van der Waals surface area contributed by atoms with Crippen molar-refractivity contribution in [3.63, 3.8) is 0 Å². The van der Waals surface area contributed by atoms with E-state index in [4.69, 9.17) is 22.2 Å². The van der Waals surface area contributed by atoms with Gasteiger partial charge in [0.2, 0.25) is 0 Å². The molecule has 0 amide bonds. The van der Waals surface area contributed by atoms with Crippen molar-refractivity contribution in [3.05, 3.63) is 29.8 Å². The minimum atomic E-state index is -2.28. The molecule has 2 rings (SSSR count). The van der Waals surface area contributed by atoms with Gasteiger partial charge in [-0.05, 0) is 23.2 Å². The summed E-state index contributed by atoms with van der Waals surface area (Å²) < 4.78 is 0. The molecule has 1 aliphatic carbocycles. The zero-order valence-electron chi connectivity index (χ0n) is 9.68. The Morgan fingerprint density at radius 3 is 2.31 bits per heavy atom. The maximum atomic E-state index is 6.75.